The molecule has 108 valence electrons. The minimum atomic E-state index is -1.22. The third kappa shape index (κ3) is 2.07. The van der Waals surface area contributed by atoms with E-state index in [0.717, 1.165) is 12.1 Å². The van der Waals surface area contributed by atoms with Crippen LogP contribution in [0.4, 0.5) is 0 Å². The van der Waals surface area contributed by atoms with Gasteiger partial charge in [0, 0.05) is 31.4 Å². The highest BCUT2D eigenvalue weighted by molar-refractivity contribution is 5.88. The first-order chi connectivity index (χ1) is 9.49. The number of rotatable bonds is 4. The molecule has 0 spiro atoms. The van der Waals surface area contributed by atoms with Gasteiger partial charge in [0.05, 0.1) is 6.33 Å². The number of imidazole rings is 1. The number of aliphatic hydroxyl groups excluding tert-OH is 1. The zero-order valence-electron chi connectivity index (χ0n) is 11.1. The quantitative estimate of drug-likeness (QED) is 0.767. The van der Waals surface area contributed by atoms with Gasteiger partial charge in [0.25, 0.3) is 5.91 Å². The predicted octanol–water partition coefficient (Wildman–Crippen LogP) is -0.602. The summed E-state index contributed by atoms with van der Waals surface area (Å²) in [4.78, 5) is 28.8. The fourth-order valence-electron chi connectivity index (χ4n) is 3.03. The Labute approximate surface area is 115 Å². The Morgan fingerprint density at radius 2 is 2.25 bits per heavy atom. The largest absolute Gasteiger partial charge is 0.480 e. The third-order valence-corrected chi connectivity index (χ3v) is 4.25. The number of aryl methyl sites for hydroxylation is 1. The second-order valence-electron chi connectivity index (χ2n) is 5.61. The Hall–Kier alpha value is -1.89. The Morgan fingerprint density at radius 1 is 1.50 bits per heavy atom. The molecule has 1 aliphatic carbocycles. The van der Waals surface area contributed by atoms with Gasteiger partial charge in [-0.1, -0.05) is 0 Å². The van der Waals surface area contributed by atoms with Gasteiger partial charge in [0.1, 0.15) is 12.1 Å². The Bertz CT molecular complexity index is 556. The van der Waals surface area contributed by atoms with E-state index in [-0.39, 0.29) is 12.5 Å². The number of carboxylic acids is 1. The molecule has 2 fully saturated rings. The number of aliphatic carboxylic acids is 1. The number of amides is 1. The number of fused-ring (bicyclic) bond motifs is 1. The molecule has 7 nitrogen and oxygen atoms in total. The van der Waals surface area contributed by atoms with Crippen LogP contribution in [0, 0.1) is 5.92 Å². The molecule has 7 heteroatoms. The summed E-state index contributed by atoms with van der Waals surface area (Å²) in [6, 6.07) is -0.780. The van der Waals surface area contributed by atoms with Crippen LogP contribution in [0.1, 0.15) is 18.5 Å². The van der Waals surface area contributed by atoms with Crippen molar-refractivity contribution in [2.45, 2.75) is 37.5 Å². The van der Waals surface area contributed by atoms with Gasteiger partial charge in [0.2, 0.25) is 0 Å². The van der Waals surface area contributed by atoms with E-state index in [1.54, 1.807) is 24.1 Å². The molecule has 1 aromatic heterocycles. The summed E-state index contributed by atoms with van der Waals surface area (Å²) in [6.07, 6.45) is 3.48. The van der Waals surface area contributed by atoms with Crippen molar-refractivity contribution in [3.63, 3.8) is 0 Å². The van der Waals surface area contributed by atoms with Crippen molar-refractivity contribution in [1.29, 1.82) is 0 Å². The molecule has 1 aliphatic heterocycles. The van der Waals surface area contributed by atoms with Crippen LogP contribution in [0.25, 0.3) is 0 Å². The number of piperidine rings is 1. The minimum absolute atomic E-state index is 0.00443. The van der Waals surface area contributed by atoms with Crippen molar-refractivity contribution in [2.75, 3.05) is 0 Å². The van der Waals surface area contributed by atoms with Crippen LogP contribution in [-0.4, -0.2) is 54.7 Å². The lowest BCUT2D eigenvalue weighted by atomic mass is 10.1. The topological polar surface area (TPSA) is 95.7 Å². The number of hydrogen-bond donors (Lipinski definition) is 2. The maximum atomic E-state index is 12.3. The SMILES string of the molecule is Cn1cncc1C[C@@H](O)C(=O)N1[C@H](C(=O)O)C[C@@H]2C[C@@H]21. The third-order valence-electron chi connectivity index (χ3n) is 4.25. The van der Waals surface area contributed by atoms with E-state index in [1.807, 2.05) is 0 Å². The van der Waals surface area contributed by atoms with E-state index in [1.165, 1.54) is 4.90 Å². The number of likely N-dealkylation sites (tertiary alicyclic amines) is 1. The molecule has 0 radical (unpaired) electrons. The van der Waals surface area contributed by atoms with Crippen LogP contribution in [0.2, 0.25) is 0 Å². The zero-order chi connectivity index (χ0) is 14.4. The summed E-state index contributed by atoms with van der Waals surface area (Å²) in [6.45, 7) is 0. The highest BCUT2D eigenvalue weighted by Gasteiger charge is 2.56. The highest BCUT2D eigenvalue weighted by Crippen LogP contribution is 2.48. The molecular formula is C13H17N3O4. The van der Waals surface area contributed by atoms with Gasteiger partial charge in [-0.05, 0) is 18.8 Å². The number of hydrogen-bond acceptors (Lipinski definition) is 4. The fourth-order valence-corrected chi connectivity index (χ4v) is 3.03. The highest BCUT2D eigenvalue weighted by atomic mass is 16.4. The summed E-state index contributed by atoms with van der Waals surface area (Å²) < 4.78 is 1.73. The van der Waals surface area contributed by atoms with Gasteiger partial charge in [-0.15, -0.1) is 0 Å². The summed E-state index contributed by atoms with van der Waals surface area (Å²) in [5, 5.41) is 19.2. The molecule has 20 heavy (non-hydrogen) atoms. The fraction of sp³-hybridized carbons (Fsp3) is 0.615. The maximum Gasteiger partial charge on any atom is 0.326 e. The average Bonchev–Trinajstić information content (AvgIpc) is 2.88. The Kier molecular flexibility index (Phi) is 3.01. The van der Waals surface area contributed by atoms with Crippen LogP contribution < -0.4 is 0 Å². The number of aliphatic hydroxyl groups is 1. The molecular weight excluding hydrogens is 262 g/mol. The van der Waals surface area contributed by atoms with Gasteiger partial charge >= 0.3 is 5.97 Å². The van der Waals surface area contributed by atoms with Crippen LogP contribution >= 0.6 is 0 Å². The zero-order valence-corrected chi connectivity index (χ0v) is 11.1. The summed E-state index contributed by atoms with van der Waals surface area (Å²) in [5.41, 5.74) is 0.740. The number of carbonyl (C=O) groups excluding carboxylic acids is 1. The lowest BCUT2D eigenvalue weighted by molar-refractivity contribution is -0.153. The smallest absolute Gasteiger partial charge is 0.326 e. The Balaban J connectivity index is 1.71. The van der Waals surface area contributed by atoms with E-state index in [0.29, 0.717) is 12.3 Å². The van der Waals surface area contributed by atoms with Crippen LogP contribution in [-0.2, 0) is 23.1 Å². The van der Waals surface area contributed by atoms with E-state index in [4.69, 9.17) is 5.11 Å². The van der Waals surface area contributed by atoms with Crippen molar-refractivity contribution >= 4 is 11.9 Å². The van der Waals surface area contributed by atoms with Crippen molar-refractivity contribution in [3.05, 3.63) is 18.2 Å². The summed E-state index contributed by atoms with van der Waals surface area (Å²) in [5.74, 6) is -1.18. The molecule has 1 amide bonds. The first kappa shape index (κ1) is 13.1. The maximum absolute atomic E-state index is 12.3. The molecule has 0 bridgehead atoms. The number of aromatic nitrogens is 2. The van der Waals surface area contributed by atoms with Gasteiger partial charge in [0.15, 0.2) is 0 Å². The first-order valence-electron chi connectivity index (χ1n) is 6.67. The van der Waals surface area contributed by atoms with Crippen molar-refractivity contribution < 1.29 is 19.8 Å². The molecule has 2 N–H and O–H groups in total. The van der Waals surface area contributed by atoms with Crippen molar-refractivity contribution in [3.8, 4) is 0 Å². The van der Waals surface area contributed by atoms with Gasteiger partial charge < -0.3 is 19.7 Å². The standard InChI is InChI=1S/C13H17N3O4/c1-15-6-14-5-8(15)4-11(17)12(18)16-9-2-7(9)3-10(16)13(19)20/h5-7,9-11,17H,2-4H2,1H3,(H,19,20)/t7-,9-,10-,11+/m0/s1. The lowest BCUT2D eigenvalue weighted by Gasteiger charge is -2.26. The molecule has 3 rings (SSSR count). The van der Waals surface area contributed by atoms with Crippen LogP contribution in [0.3, 0.4) is 0 Å². The first-order valence-corrected chi connectivity index (χ1v) is 6.67. The van der Waals surface area contributed by atoms with Gasteiger partial charge in [-0.25, -0.2) is 9.78 Å². The monoisotopic (exact) mass is 279 g/mol. The number of carbonyl (C=O) groups is 2. The summed E-state index contributed by atoms with van der Waals surface area (Å²) >= 11 is 0. The molecule has 0 aromatic carbocycles. The molecule has 0 unspecified atom stereocenters. The lowest BCUT2D eigenvalue weighted by Crippen LogP contribution is -2.48. The van der Waals surface area contributed by atoms with E-state index in [9.17, 15) is 14.7 Å². The molecule has 2 heterocycles. The summed E-state index contributed by atoms with van der Waals surface area (Å²) in [7, 11) is 1.78. The molecule has 1 saturated heterocycles. The minimum Gasteiger partial charge on any atom is -0.480 e. The number of carboxylic acid groups (broad SMARTS) is 1. The van der Waals surface area contributed by atoms with Crippen LogP contribution in [0.15, 0.2) is 12.5 Å². The molecule has 1 saturated carbocycles. The normalized spacial score (nSPS) is 29.1. The van der Waals surface area contributed by atoms with E-state index in [2.05, 4.69) is 4.98 Å². The predicted molar refractivity (Wildman–Crippen MR) is 67.7 cm³/mol. The van der Waals surface area contributed by atoms with Crippen molar-refractivity contribution in [1.82, 2.24) is 14.5 Å². The second-order valence-corrected chi connectivity index (χ2v) is 5.61. The molecule has 4 atom stereocenters. The average molecular weight is 279 g/mol. The number of nitrogens with zero attached hydrogens (tertiary/aromatic N) is 3. The van der Waals surface area contributed by atoms with E-state index >= 15 is 0 Å². The Morgan fingerprint density at radius 3 is 2.85 bits per heavy atom. The van der Waals surface area contributed by atoms with Gasteiger partial charge in [-0.3, -0.25) is 4.79 Å². The van der Waals surface area contributed by atoms with Crippen molar-refractivity contribution in [2.24, 2.45) is 13.0 Å². The van der Waals surface area contributed by atoms with Crippen LogP contribution in [0.5, 0.6) is 0 Å². The van der Waals surface area contributed by atoms with E-state index < -0.39 is 24.0 Å². The molecule has 1 aromatic rings. The van der Waals surface area contributed by atoms with Gasteiger partial charge in [-0.2, -0.15) is 0 Å². The molecule has 2 aliphatic rings. The second kappa shape index (κ2) is 4.59.